The summed E-state index contributed by atoms with van der Waals surface area (Å²) in [6.45, 7) is 3.79. The first-order chi connectivity index (χ1) is 8.51. The number of pyridine rings is 1. The molecule has 0 saturated heterocycles. The van der Waals surface area contributed by atoms with Crippen molar-refractivity contribution < 1.29 is 9.50 Å². The summed E-state index contributed by atoms with van der Waals surface area (Å²) in [4.78, 5) is 6.17. The molecule has 96 valence electrons. The molecule has 2 nitrogen and oxygen atoms in total. The fourth-order valence-electron chi connectivity index (χ4n) is 1.86. The van der Waals surface area contributed by atoms with Crippen LogP contribution in [0.25, 0.3) is 0 Å². The Hall–Kier alpha value is -1.26. The van der Waals surface area contributed by atoms with Crippen molar-refractivity contribution in [3.8, 4) is 0 Å². The van der Waals surface area contributed by atoms with Crippen LogP contribution in [0.15, 0.2) is 30.6 Å². The molecule has 0 aliphatic carbocycles. The molecular formula is C14H16FNOS. The Morgan fingerprint density at radius 3 is 2.67 bits per heavy atom. The fourth-order valence-corrected chi connectivity index (χ4v) is 2.96. The van der Waals surface area contributed by atoms with Gasteiger partial charge in [0.2, 0.25) is 0 Å². The van der Waals surface area contributed by atoms with Crippen LogP contribution in [0.1, 0.15) is 29.2 Å². The summed E-state index contributed by atoms with van der Waals surface area (Å²) in [6.07, 6.45) is 4.12. The summed E-state index contributed by atoms with van der Waals surface area (Å²) >= 11 is 1.68. The molecule has 2 aromatic rings. The zero-order valence-corrected chi connectivity index (χ0v) is 11.3. The van der Waals surface area contributed by atoms with Crippen LogP contribution in [-0.4, -0.2) is 10.1 Å². The highest BCUT2D eigenvalue weighted by Crippen LogP contribution is 2.28. The zero-order chi connectivity index (χ0) is 13.2. The molecule has 0 fully saturated rings. The third-order valence-corrected chi connectivity index (χ3v) is 4.14. The first kappa shape index (κ1) is 13.2. The van der Waals surface area contributed by atoms with Gasteiger partial charge in [0.1, 0.15) is 5.82 Å². The average Bonchev–Trinajstić information content (AvgIpc) is 2.76. The first-order valence-corrected chi connectivity index (χ1v) is 6.74. The summed E-state index contributed by atoms with van der Waals surface area (Å²) in [5.74, 6) is -0.423. The number of thiophene rings is 1. The first-order valence-electron chi connectivity index (χ1n) is 5.92. The van der Waals surface area contributed by atoms with Crippen LogP contribution in [0.2, 0.25) is 0 Å². The van der Waals surface area contributed by atoms with Gasteiger partial charge in [-0.1, -0.05) is 6.92 Å². The number of aryl methyl sites for hydroxylation is 1. The predicted molar refractivity (Wildman–Crippen MR) is 71.2 cm³/mol. The Kier molecular flexibility index (Phi) is 3.78. The Balaban J connectivity index is 2.20. The molecule has 18 heavy (non-hydrogen) atoms. The lowest BCUT2D eigenvalue weighted by Gasteiger charge is -2.22. The molecular weight excluding hydrogens is 249 g/mol. The molecule has 2 aromatic heterocycles. The molecule has 1 unspecified atom stereocenters. The number of hydrogen-bond acceptors (Lipinski definition) is 3. The van der Waals surface area contributed by atoms with Crippen LogP contribution in [-0.2, 0) is 18.4 Å². The quantitative estimate of drug-likeness (QED) is 0.920. The summed E-state index contributed by atoms with van der Waals surface area (Å²) in [5, 5.41) is 10.4. The third-order valence-electron chi connectivity index (χ3n) is 2.91. The van der Waals surface area contributed by atoms with Crippen molar-refractivity contribution in [3.63, 3.8) is 0 Å². The van der Waals surface area contributed by atoms with Crippen LogP contribution in [0.5, 0.6) is 0 Å². The minimum Gasteiger partial charge on any atom is -0.385 e. The minimum atomic E-state index is -1.09. The molecule has 1 N–H and O–H groups in total. The van der Waals surface area contributed by atoms with E-state index in [2.05, 4.69) is 18.0 Å². The number of hydrogen-bond donors (Lipinski definition) is 1. The maximum atomic E-state index is 13.1. The fraction of sp³-hybridized carbons (Fsp3) is 0.357. The van der Waals surface area contributed by atoms with Crippen molar-refractivity contribution in [1.82, 2.24) is 4.98 Å². The summed E-state index contributed by atoms with van der Waals surface area (Å²) in [5.41, 5.74) is -0.584. The van der Waals surface area contributed by atoms with Gasteiger partial charge in [-0.2, -0.15) is 0 Å². The van der Waals surface area contributed by atoms with E-state index in [1.807, 2.05) is 6.07 Å². The van der Waals surface area contributed by atoms with E-state index in [0.29, 0.717) is 12.0 Å². The smallest absolute Gasteiger partial charge is 0.141 e. The Bertz CT molecular complexity index is 536. The number of aliphatic hydroxyl groups is 1. The van der Waals surface area contributed by atoms with Gasteiger partial charge in [0.15, 0.2) is 0 Å². The van der Waals surface area contributed by atoms with Gasteiger partial charge in [-0.25, -0.2) is 4.39 Å². The van der Waals surface area contributed by atoms with E-state index in [1.54, 1.807) is 18.3 Å². The number of rotatable bonds is 4. The Labute approximate surface area is 110 Å². The van der Waals surface area contributed by atoms with Crippen molar-refractivity contribution in [2.45, 2.75) is 32.3 Å². The van der Waals surface area contributed by atoms with Gasteiger partial charge in [-0.15, -0.1) is 11.3 Å². The second-order valence-corrected chi connectivity index (χ2v) is 5.82. The van der Waals surface area contributed by atoms with Crippen molar-refractivity contribution in [2.75, 3.05) is 0 Å². The van der Waals surface area contributed by atoms with Crippen molar-refractivity contribution >= 4 is 11.3 Å². The lowest BCUT2D eigenvalue weighted by molar-refractivity contribution is 0.0577. The van der Waals surface area contributed by atoms with E-state index in [1.165, 1.54) is 17.1 Å². The summed E-state index contributed by atoms with van der Waals surface area (Å²) < 4.78 is 13.1. The molecule has 2 heterocycles. The highest BCUT2D eigenvalue weighted by Gasteiger charge is 2.25. The van der Waals surface area contributed by atoms with Gasteiger partial charge in [0.25, 0.3) is 0 Å². The van der Waals surface area contributed by atoms with Gasteiger partial charge in [0, 0.05) is 27.9 Å². The normalized spacial score (nSPS) is 14.4. The van der Waals surface area contributed by atoms with Crippen LogP contribution in [0.3, 0.4) is 0 Å². The number of halogens is 1. The van der Waals surface area contributed by atoms with Gasteiger partial charge in [0.05, 0.1) is 11.8 Å². The van der Waals surface area contributed by atoms with Crippen molar-refractivity contribution in [2.24, 2.45) is 0 Å². The van der Waals surface area contributed by atoms with E-state index in [4.69, 9.17) is 0 Å². The van der Waals surface area contributed by atoms with Crippen LogP contribution >= 0.6 is 11.3 Å². The Morgan fingerprint density at radius 1 is 1.33 bits per heavy atom. The molecule has 0 radical (unpaired) electrons. The molecule has 0 bridgehead atoms. The lowest BCUT2D eigenvalue weighted by Crippen LogP contribution is -2.24. The molecule has 0 spiro atoms. The standard InChI is InChI=1S/C14H16FNOS/c1-3-12-4-5-13(18-12)7-14(2,17)10-6-11(15)9-16-8-10/h4-6,8-9,17H,3,7H2,1-2H3. The van der Waals surface area contributed by atoms with E-state index < -0.39 is 11.4 Å². The van der Waals surface area contributed by atoms with E-state index in [9.17, 15) is 9.50 Å². The molecule has 2 rings (SSSR count). The molecule has 0 amide bonds. The van der Waals surface area contributed by atoms with Gasteiger partial charge in [-0.3, -0.25) is 4.98 Å². The van der Waals surface area contributed by atoms with Crippen LogP contribution in [0.4, 0.5) is 4.39 Å². The third kappa shape index (κ3) is 2.94. The van der Waals surface area contributed by atoms with Crippen LogP contribution in [0, 0.1) is 5.82 Å². The maximum absolute atomic E-state index is 13.1. The number of nitrogens with zero attached hydrogens (tertiary/aromatic N) is 1. The highest BCUT2D eigenvalue weighted by molar-refractivity contribution is 7.12. The van der Waals surface area contributed by atoms with E-state index >= 15 is 0 Å². The average molecular weight is 265 g/mol. The Morgan fingerprint density at radius 2 is 2.06 bits per heavy atom. The zero-order valence-electron chi connectivity index (χ0n) is 10.5. The molecule has 4 heteroatoms. The molecule has 0 aliphatic heterocycles. The molecule has 1 atom stereocenters. The van der Waals surface area contributed by atoms with E-state index in [-0.39, 0.29) is 0 Å². The lowest BCUT2D eigenvalue weighted by atomic mass is 9.93. The van der Waals surface area contributed by atoms with E-state index in [0.717, 1.165) is 17.5 Å². The van der Waals surface area contributed by atoms with Crippen molar-refractivity contribution in [1.29, 1.82) is 0 Å². The number of aromatic nitrogens is 1. The molecule has 0 aliphatic rings. The second-order valence-electron chi connectivity index (χ2n) is 4.56. The minimum absolute atomic E-state index is 0.423. The highest BCUT2D eigenvalue weighted by atomic mass is 32.1. The monoisotopic (exact) mass is 265 g/mol. The SMILES string of the molecule is CCc1ccc(CC(C)(O)c2cncc(F)c2)s1. The second kappa shape index (κ2) is 5.16. The summed E-state index contributed by atoms with van der Waals surface area (Å²) in [6, 6.07) is 5.42. The van der Waals surface area contributed by atoms with Crippen molar-refractivity contribution in [3.05, 3.63) is 51.7 Å². The summed E-state index contributed by atoms with van der Waals surface area (Å²) in [7, 11) is 0. The van der Waals surface area contributed by atoms with Gasteiger partial charge < -0.3 is 5.11 Å². The largest absolute Gasteiger partial charge is 0.385 e. The predicted octanol–water partition coefficient (Wildman–Crippen LogP) is 3.29. The van der Waals surface area contributed by atoms with Gasteiger partial charge >= 0.3 is 0 Å². The molecule has 0 saturated carbocycles. The maximum Gasteiger partial charge on any atom is 0.141 e. The van der Waals surface area contributed by atoms with Crippen LogP contribution < -0.4 is 0 Å². The molecule has 0 aromatic carbocycles. The van der Waals surface area contributed by atoms with Gasteiger partial charge in [-0.05, 0) is 31.5 Å². The topological polar surface area (TPSA) is 33.1 Å².